The van der Waals surface area contributed by atoms with Crippen LogP contribution in [0, 0.1) is 0 Å². The van der Waals surface area contributed by atoms with Crippen LogP contribution in [0.5, 0.6) is 5.75 Å². The minimum absolute atomic E-state index is 0.388. The monoisotopic (exact) mass is 230 g/mol. The van der Waals surface area contributed by atoms with Crippen LogP contribution in [-0.4, -0.2) is 0 Å². The second kappa shape index (κ2) is 5.67. The Morgan fingerprint density at radius 2 is 1.62 bits per heavy atom. The van der Waals surface area contributed by atoms with E-state index >= 15 is 0 Å². The van der Waals surface area contributed by atoms with Gasteiger partial charge in [0.15, 0.2) is 0 Å². The van der Waals surface area contributed by atoms with Gasteiger partial charge in [-0.15, -0.1) is 0 Å². The molecule has 0 saturated carbocycles. The second-order valence-corrected chi connectivity index (χ2v) is 4.47. The summed E-state index contributed by atoms with van der Waals surface area (Å²) in [4.78, 5) is 0. The van der Waals surface area contributed by atoms with Crippen LogP contribution in [0.25, 0.3) is 0 Å². The molecule has 0 aliphatic rings. The number of hydrogen-bond acceptors (Lipinski definition) is 1. The van der Waals surface area contributed by atoms with Gasteiger partial charge in [0, 0.05) is 5.30 Å². The summed E-state index contributed by atoms with van der Waals surface area (Å²) in [7, 11) is 0.388. The lowest BCUT2D eigenvalue weighted by molar-refractivity contribution is 0.638. The molecule has 0 N–H and O–H groups in total. The van der Waals surface area contributed by atoms with Crippen molar-refractivity contribution in [3.8, 4) is 5.75 Å². The molecule has 1 atom stereocenters. The normalized spacial score (nSPS) is 10.8. The van der Waals surface area contributed by atoms with Crippen molar-refractivity contribution in [1.29, 1.82) is 0 Å². The quantitative estimate of drug-likeness (QED) is 0.730. The van der Waals surface area contributed by atoms with Crippen molar-refractivity contribution in [1.82, 2.24) is 0 Å². The molecule has 82 valence electrons. The summed E-state index contributed by atoms with van der Waals surface area (Å²) in [6, 6.07) is 18.4. The summed E-state index contributed by atoms with van der Waals surface area (Å²) in [5.74, 6) is 0.937. The third-order valence-electron chi connectivity index (χ3n) is 2.42. The zero-order chi connectivity index (χ0) is 11.2. The fourth-order valence-corrected chi connectivity index (χ4v) is 2.45. The van der Waals surface area contributed by atoms with Gasteiger partial charge in [0.2, 0.25) is 0 Å². The van der Waals surface area contributed by atoms with E-state index in [0.29, 0.717) is 8.81 Å². The Labute approximate surface area is 98.3 Å². The average molecular weight is 230 g/mol. The van der Waals surface area contributed by atoms with E-state index < -0.39 is 0 Å². The molecule has 16 heavy (non-hydrogen) atoms. The maximum atomic E-state index is 5.76. The molecule has 0 heterocycles. The summed E-state index contributed by atoms with van der Waals surface area (Å²) in [6.07, 6.45) is 1.06. The predicted molar refractivity (Wildman–Crippen MR) is 70.8 cm³/mol. The molecule has 2 aromatic carbocycles. The van der Waals surface area contributed by atoms with Gasteiger partial charge in [-0.1, -0.05) is 49.4 Å². The van der Waals surface area contributed by atoms with Gasteiger partial charge in [-0.2, -0.15) is 0 Å². The second-order valence-electron chi connectivity index (χ2n) is 3.53. The molecule has 0 bridgehead atoms. The minimum atomic E-state index is 0.388. The van der Waals surface area contributed by atoms with Gasteiger partial charge in [0.1, 0.15) is 14.6 Å². The van der Waals surface area contributed by atoms with Gasteiger partial charge in [0.25, 0.3) is 0 Å². The molecular formula is C14H15OP. The first kappa shape index (κ1) is 11.2. The smallest absolute Gasteiger partial charge is 0.123 e. The first-order valence-corrected chi connectivity index (χ1v) is 6.37. The van der Waals surface area contributed by atoms with E-state index in [1.54, 1.807) is 0 Å². The Morgan fingerprint density at radius 3 is 2.38 bits per heavy atom. The molecule has 0 aliphatic carbocycles. The van der Waals surface area contributed by atoms with Crippen LogP contribution in [0.3, 0.4) is 0 Å². The van der Waals surface area contributed by atoms with Crippen molar-refractivity contribution < 1.29 is 4.52 Å². The highest BCUT2D eigenvalue weighted by molar-refractivity contribution is 7.42. The van der Waals surface area contributed by atoms with E-state index in [4.69, 9.17) is 4.52 Å². The van der Waals surface area contributed by atoms with Crippen LogP contribution in [0.1, 0.15) is 12.5 Å². The van der Waals surface area contributed by atoms with Crippen molar-refractivity contribution in [3.05, 3.63) is 60.2 Å². The number of rotatable bonds is 4. The Hall–Kier alpha value is -1.33. The molecular weight excluding hydrogens is 215 g/mol. The van der Waals surface area contributed by atoms with Gasteiger partial charge in [-0.05, 0) is 24.1 Å². The average Bonchev–Trinajstić information content (AvgIpc) is 2.38. The molecule has 2 aromatic rings. The Bertz CT molecular complexity index is 439. The van der Waals surface area contributed by atoms with E-state index in [2.05, 4.69) is 31.2 Å². The summed E-state index contributed by atoms with van der Waals surface area (Å²) < 4.78 is 5.76. The van der Waals surface area contributed by atoms with Crippen LogP contribution < -0.4 is 9.83 Å². The Balaban J connectivity index is 2.05. The molecule has 2 rings (SSSR count). The summed E-state index contributed by atoms with van der Waals surface area (Å²) in [6.45, 7) is 2.17. The molecule has 2 heteroatoms. The molecule has 0 amide bonds. The number of benzene rings is 2. The highest BCUT2D eigenvalue weighted by Gasteiger charge is 2.00. The Morgan fingerprint density at radius 1 is 0.938 bits per heavy atom. The third kappa shape index (κ3) is 2.84. The molecule has 0 saturated heterocycles. The topological polar surface area (TPSA) is 9.23 Å². The lowest BCUT2D eigenvalue weighted by atomic mass is 10.2. The van der Waals surface area contributed by atoms with Crippen LogP contribution in [0.15, 0.2) is 54.6 Å². The Kier molecular flexibility index (Phi) is 3.96. The molecule has 1 nitrogen and oxygen atoms in total. The van der Waals surface area contributed by atoms with Crippen LogP contribution in [-0.2, 0) is 6.42 Å². The fraction of sp³-hybridized carbons (Fsp3) is 0.143. The van der Waals surface area contributed by atoms with Gasteiger partial charge >= 0.3 is 0 Å². The largest absolute Gasteiger partial charge is 0.472 e. The number of para-hydroxylation sites is 1. The first-order valence-electron chi connectivity index (χ1n) is 5.46. The lowest BCUT2D eigenvalue weighted by Crippen LogP contribution is -2.03. The van der Waals surface area contributed by atoms with E-state index in [9.17, 15) is 0 Å². The lowest BCUT2D eigenvalue weighted by Gasteiger charge is -2.08. The van der Waals surface area contributed by atoms with Crippen molar-refractivity contribution in [2.24, 2.45) is 0 Å². The van der Waals surface area contributed by atoms with Crippen molar-refractivity contribution >= 4 is 14.1 Å². The van der Waals surface area contributed by atoms with Gasteiger partial charge in [-0.25, -0.2) is 0 Å². The highest BCUT2D eigenvalue weighted by Crippen LogP contribution is 2.21. The molecule has 0 spiro atoms. The fourth-order valence-electron chi connectivity index (χ4n) is 1.53. The standard InChI is InChI=1S/C14H15OP/c1-2-12-8-6-7-11-14(12)16-15-13-9-4-3-5-10-13/h3-11,16H,2H2,1H3. The SMILES string of the molecule is CCc1ccccc1POc1ccccc1. The minimum Gasteiger partial charge on any atom is -0.472 e. The predicted octanol–water partition coefficient (Wildman–Crippen LogP) is 3.55. The van der Waals surface area contributed by atoms with Crippen LogP contribution in [0.4, 0.5) is 0 Å². The van der Waals surface area contributed by atoms with Gasteiger partial charge in [-0.3, -0.25) is 0 Å². The summed E-state index contributed by atoms with van der Waals surface area (Å²) >= 11 is 0. The van der Waals surface area contributed by atoms with Crippen LogP contribution >= 0.6 is 8.81 Å². The highest BCUT2D eigenvalue weighted by atomic mass is 31.1. The molecule has 0 aromatic heterocycles. The summed E-state index contributed by atoms with van der Waals surface area (Å²) in [5, 5.41) is 1.30. The van der Waals surface area contributed by atoms with Gasteiger partial charge in [0.05, 0.1) is 0 Å². The first-order chi connectivity index (χ1) is 7.90. The van der Waals surface area contributed by atoms with E-state index in [0.717, 1.165) is 12.2 Å². The molecule has 0 fully saturated rings. The maximum absolute atomic E-state index is 5.76. The summed E-state index contributed by atoms with van der Waals surface area (Å²) in [5.41, 5.74) is 1.37. The van der Waals surface area contributed by atoms with Crippen molar-refractivity contribution in [2.45, 2.75) is 13.3 Å². The number of aryl methyl sites for hydroxylation is 1. The van der Waals surface area contributed by atoms with E-state index in [1.807, 2.05) is 30.3 Å². The molecule has 0 radical (unpaired) electrons. The zero-order valence-corrected chi connectivity index (χ0v) is 10.3. The van der Waals surface area contributed by atoms with Crippen molar-refractivity contribution in [2.75, 3.05) is 0 Å². The van der Waals surface area contributed by atoms with Crippen molar-refractivity contribution in [3.63, 3.8) is 0 Å². The van der Waals surface area contributed by atoms with E-state index in [1.165, 1.54) is 10.9 Å². The van der Waals surface area contributed by atoms with Crippen LogP contribution in [0.2, 0.25) is 0 Å². The zero-order valence-electron chi connectivity index (χ0n) is 9.31. The van der Waals surface area contributed by atoms with E-state index in [-0.39, 0.29) is 0 Å². The van der Waals surface area contributed by atoms with Gasteiger partial charge < -0.3 is 4.52 Å². The molecule has 1 unspecified atom stereocenters. The molecule has 0 aliphatic heterocycles. The number of hydrogen-bond donors (Lipinski definition) is 0. The maximum Gasteiger partial charge on any atom is 0.123 e. The third-order valence-corrected chi connectivity index (χ3v) is 3.47.